The molecule has 1 unspecified atom stereocenters. The quantitative estimate of drug-likeness (QED) is 0.866. The second-order valence-corrected chi connectivity index (χ2v) is 6.82. The van der Waals surface area contributed by atoms with Crippen LogP contribution in [0.25, 0.3) is 0 Å². The maximum Gasteiger partial charge on any atom is 0.238 e. The Kier molecular flexibility index (Phi) is 5.17. The van der Waals surface area contributed by atoms with Gasteiger partial charge in [0.05, 0.1) is 6.04 Å². The summed E-state index contributed by atoms with van der Waals surface area (Å²) in [6.07, 6.45) is 2.64. The summed E-state index contributed by atoms with van der Waals surface area (Å²) in [5.74, 6) is 1.87. The average molecular weight is 305 g/mol. The second kappa shape index (κ2) is 7.29. The molecule has 0 aliphatic carbocycles. The Hall–Kier alpha value is -1.04. The molecule has 0 aromatic heterocycles. The third kappa shape index (κ3) is 4.22. The predicted octanol–water partition coefficient (Wildman–Crippen LogP) is 1.56. The molecule has 2 N–H and O–H groups in total. The highest BCUT2D eigenvalue weighted by atomic mass is 32.2. The van der Waals surface area contributed by atoms with Crippen molar-refractivity contribution in [1.29, 1.82) is 0 Å². The summed E-state index contributed by atoms with van der Waals surface area (Å²) < 4.78 is 0. The maximum atomic E-state index is 12.0. The van der Waals surface area contributed by atoms with Gasteiger partial charge in [0.15, 0.2) is 0 Å². The van der Waals surface area contributed by atoms with E-state index < -0.39 is 0 Å². The van der Waals surface area contributed by atoms with Gasteiger partial charge in [0.1, 0.15) is 0 Å². The largest absolute Gasteiger partial charge is 0.351 e. The number of rotatable bonds is 5. The van der Waals surface area contributed by atoms with Crippen molar-refractivity contribution in [1.82, 2.24) is 15.5 Å². The van der Waals surface area contributed by atoms with Crippen LogP contribution >= 0.6 is 11.8 Å². The van der Waals surface area contributed by atoms with Crippen LogP contribution in [0.15, 0.2) is 24.3 Å². The number of benzene rings is 1. The van der Waals surface area contributed by atoms with Crippen molar-refractivity contribution in [2.45, 2.75) is 32.0 Å². The molecule has 0 bridgehead atoms. The molecule has 0 spiro atoms. The number of hydrogen-bond donors (Lipinski definition) is 2. The number of nitrogens with zero attached hydrogens (tertiary/aromatic N) is 1. The minimum absolute atomic E-state index is 0.0252. The second-order valence-electron chi connectivity index (χ2n) is 5.79. The van der Waals surface area contributed by atoms with Crippen LogP contribution < -0.4 is 10.6 Å². The summed E-state index contributed by atoms with van der Waals surface area (Å²) >= 11 is 1.77. The topological polar surface area (TPSA) is 44.4 Å². The van der Waals surface area contributed by atoms with Gasteiger partial charge in [-0.25, -0.2) is 0 Å². The molecule has 2 aliphatic heterocycles. The van der Waals surface area contributed by atoms with Gasteiger partial charge < -0.3 is 5.32 Å². The Morgan fingerprint density at radius 3 is 2.90 bits per heavy atom. The van der Waals surface area contributed by atoms with Crippen LogP contribution in [0.3, 0.4) is 0 Å². The van der Waals surface area contributed by atoms with E-state index in [4.69, 9.17) is 0 Å². The molecule has 2 fully saturated rings. The summed E-state index contributed by atoms with van der Waals surface area (Å²) in [7, 11) is 0. The lowest BCUT2D eigenvalue weighted by Gasteiger charge is -2.15. The van der Waals surface area contributed by atoms with Crippen molar-refractivity contribution >= 4 is 17.7 Å². The van der Waals surface area contributed by atoms with Gasteiger partial charge in [0.2, 0.25) is 5.91 Å². The van der Waals surface area contributed by atoms with Crippen LogP contribution in [0, 0.1) is 0 Å². The van der Waals surface area contributed by atoms with Crippen LogP contribution in [0.2, 0.25) is 0 Å². The third-order valence-corrected chi connectivity index (χ3v) is 5.04. The first-order valence-corrected chi connectivity index (χ1v) is 8.86. The van der Waals surface area contributed by atoms with Gasteiger partial charge in [0, 0.05) is 24.7 Å². The molecule has 1 aromatic carbocycles. The van der Waals surface area contributed by atoms with E-state index in [0.717, 1.165) is 18.2 Å². The van der Waals surface area contributed by atoms with E-state index in [1.165, 1.54) is 37.1 Å². The van der Waals surface area contributed by atoms with E-state index in [0.29, 0.717) is 6.54 Å². The van der Waals surface area contributed by atoms with Crippen LogP contribution in [0.1, 0.15) is 24.0 Å². The molecule has 1 aromatic rings. The molecule has 1 amide bonds. The van der Waals surface area contributed by atoms with E-state index in [1.54, 1.807) is 11.8 Å². The summed E-state index contributed by atoms with van der Waals surface area (Å²) in [6, 6.07) is 8.55. The molecular weight excluding hydrogens is 282 g/mol. The molecule has 114 valence electrons. The first-order chi connectivity index (χ1) is 10.3. The number of carbonyl (C=O) groups excluding carboxylic acids is 1. The van der Waals surface area contributed by atoms with Crippen LogP contribution in [0.5, 0.6) is 0 Å². The summed E-state index contributed by atoms with van der Waals surface area (Å²) in [6.45, 7) is 4.08. The monoisotopic (exact) mass is 305 g/mol. The molecule has 0 saturated carbocycles. The first kappa shape index (κ1) is 14.9. The molecule has 0 radical (unpaired) electrons. The molecule has 3 rings (SSSR count). The zero-order valence-corrected chi connectivity index (χ0v) is 13.1. The third-order valence-electron chi connectivity index (χ3n) is 4.10. The SMILES string of the molecule is O=C(NCc1cccc(CN2CCCC2)c1)C1CSCN1. The zero-order valence-electron chi connectivity index (χ0n) is 12.3. The Bertz CT molecular complexity index is 482. The lowest BCUT2D eigenvalue weighted by molar-refractivity contribution is -0.122. The Morgan fingerprint density at radius 2 is 2.14 bits per heavy atom. The van der Waals surface area contributed by atoms with Gasteiger partial charge in [-0.15, -0.1) is 11.8 Å². The van der Waals surface area contributed by atoms with E-state index >= 15 is 0 Å². The Morgan fingerprint density at radius 1 is 1.33 bits per heavy atom. The highest BCUT2D eigenvalue weighted by molar-refractivity contribution is 7.99. The normalized spacial score (nSPS) is 22.6. The van der Waals surface area contributed by atoms with E-state index in [-0.39, 0.29) is 11.9 Å². The summed E-state index contributed by atoms with van der Waals surface area (Å²) in [5.41, 5.74) is 2.53. The first-order valence-electron chi connectivity index (χ1n) is 7.70. The Balaban J connectivity index is 1.51. The fourth-order valence-corrected chi connectivity index (χ4v) is 3.85. The van der Waals surface area contributed by atoms with Gasteiger partial charge in [-0.3, -0.25) is 15.0 Å². The molecule has 5 heteroatoms. The minimum Gasteiger partial charge on any atom is -0.351 e. The van der Waals surface area contributed by atoms with Crippen molar-refractivity contribution in [3.63, 3.8) is 0 Å². The smallest absolute Gasteiger partial charge is 0.238 e. The molecule has 1 atom stereocenters. The van der Waals surface area contributed by atoms with Crippen molar-refractivity contribution in [2.24, 2.45) is 0 Å². The molecule has 2 saturated heterocycles. The van der Waals surface area contributed by atoms with Crippen LogP contribution in [0.4, 0.5) is 0 Å². The minimum atomic E-state index is -0.0252. The molecule has 4 nitrogen and oxygen atoms in total. The zero-order chi connectivity index (χ0) is 14.5. The summed E-state index contributed by atoms with van der Waals surface area (Å²) in [4.78, 5) is 14.5. The van der Waals surface area contributed by atoms with Crippen molar-refractivity contribution < 1.29 is 4.79 Å². The number of nitrogens with one attached hydrogen (secondary N) is 2. The van der Waals surface area contributed by atoms with Crippen molar-refractivity contribution in [3.05, 3.63) is 35.4 Å². The molecule has 2 heterocycles. The van der Waals surface area contributed by atoms with Gasteiger partial charge in [-0.05, 0) is 37.1 Å². The van der Waals surface area contributed by atoms with E-state index in [9.17, 15) is 4.79 Å². The van der Waals surface area contributed by atoms with E-state index in [1.807, 2.05) is 0 Å². The lowest BCUT2D eigenvalue weighted by atomic mass is 10.1. The fraction of sp³-hybridized carbons (Fsp3) is 0.562. The molecule has 21 heavy (non-hydrogen) atoms. The number of thioether (sulfide) groups is 1. The number of amides is 1. The van der Waals surface area contributed by atoms with Gasteiger partial charge in [0.25, 0.3) is 0 Å². The highest BCUT2D eigenvalue weighted by Crippen LogP contribution is 2.14. The van der Waals surface area contributed by atoms with Crippen molar-refractivity contribution in [3.8, 4) is 0 Å². The highest BCUT2D eigenvalue weighted by Gasteiger charge is 2.21. The van der Waals surface area contributed by atoms with Crippen LogP contribution in [-0.4, -0.2) is 41.6 Å². The maximum absolute atomic E-state index is 12.0. The molecular formula is C16H23N3OS. The van der Waals surface area contributed by atoms with Gasteiger partial charge in [-0.2, -0.15) is 0 Å². The fourth-order valence-electron chi connectivity index (χ4n) is 2.91. The lowest BCUT2D eigenvalue weighted by Crippen LogP contribution is -2.41. The van der Waals surface area contributed by atoms with Gasteiger partial charge >= 0.3 is 0 Å². The van der Waals surface area contributed by atoms with Crippen molar-refractivity contribution in [2.75, 3.05) is 24.7 Å². The van der Waals surface area contributed by atoms with Crippen LogP contribution in [-0.2, 0) is 17.9 Å². The number of carbonyl (C=O) groups is 1. The molecule has 2 aliphatic rings. The Labute approximate surface area is 130 Å². The van der Waals surface area contributed by atoms with E-state index in [2.05, 4.69) is 39.8 Å². The summed E-state index contributed by atoms with van der Waals surface area (Å²) in [5, 5.41) is 6.23. The number of likely N-dealkylation sites (tertiary alicyclic amines) is 1. The number of hydrogen-bond acceptors (Lipinski definition) is 4. The average Bonchev–Trinajstić information content (AvgIpc) is 3.18. The standard InChI is InChI=1S/C16H23N3OS/c20-16(15-11-21-12-18-15)17-9-13-4-3-5-14(8-13)10-19-6-1-2-7-19/h3-5,8,15,18H,1-2,6-7,9-12H2,(H,17,20). The predicted molar refractivity (Wildman–Crippen MR) is 87.0 cm³/mol. The van der Waals surface area contributed by atoms with Gasteiger partial charge in [-0.1, -0.05) is 24.3 Å².